The Balaban J connectivity index is 2.06. The Bertz CT molecular complexity index is 379. The van der Waals surface area contributed by atoms with E-state index >= 15 is 0 Å². The molecule has 0 unspecified atom stereocenters. The molecular formula is C11H16ClN3O. The topological polar surface area (TPSA) is 58.0 Å². The van der Waals surface area contributed by atoms with E-state index < -0.39 is 0 Å². The zero-order chi connectivity index (χ0) is 11.6. The number of hydrogen-bond acceptors (Lipinski definition) is 4. The third-order valence-electron chi connectivity index (χ3n) is 3.17. The molecule has 1 saturated carbocycles. The molecular weight excluding hydrogens is 226 g/mol. The summed E-state index contributed by atoms with van der Waals surface area (Å²) in [5, 5.41) is 13.0. The van der Waals surface area contributed by atoms with Crippen LogP contribution in [0.5, 0.6) is 0 Å². The molecule has 1 aromatic heterocycles. The normalized spacial score (nSPS) is 17.2. The number of aliphatic hydroxyl groups is 1. The maximum Gasteiger partial charge on any atom is 0.137 e. The molecule has 1 aliphatic rings. The lowest BCUT2D eigenvalue weighted by molar-refractivity contribution is 0.219. The molecule has 0 bridgehead atoms. The van der Waals surface area contributed by atoms with Crippen LogP contribution in [-0.2, 0) is 6.42 Å². The number of anilines is 1. The minimum atomic E-state index is 0.0719. The summed E-state index contributed by atoms with van der Waals surface area (Å²) < 4.78 is 0. The molecule has 2 N–H and O–H groups in total. The molecule has 88 valence electrons. The number of nitrogens with one attached hydrogen (secondary N) is 1. The maximum absolute atomic E-state index is 9.22. The molecule has 1 fully saturated rings. The largest absolute Gasteiger partial charge is 0.396 e. The van der Waals surface area contributed by atoms with Crippen molar-refractivity contribution in [2.75, 3.05) is 18.5 Å². The highest BCUT2D eigenvalue weighted by molar-refractivity contribution is 6.30. The first-order valence-corrected chi connectivity index (χ1v) is 5.93. The first-order chi connectivity index (χ1) is 7.71. The van der Waals surface area contributed by atoms with Gasteiger partial charge in [-0.2, -0.15) is 0 Å². The second kappa shape index (κ2) is 4.55. The van der Waals surface area contributed by atoms with Gasteiger partial charge in [-0.05, 0) is 19.3 Å². The van der Waals surface area contributed by atoms with Crippen molar-refractivity contribution in [3.05, 3.63) is 17.0 Å². The summed E-state index contributed by atoms with van der Waals surface area (Å²) in [6.07, 6.45) is 4.42. The molecule has 0 amide bonds. The van der Waals surface area contributed by atoms with Crippen LogP contribution in [-0.4, -0.2) is 28.2 Å². The molecule has 4 nitrogen and oxygen atoms in total. The molecule has 5 heteroatoms. The summed E-state index contributed by atoms with van der Waals surface area (Å²) in [6, 6.07) is 0. The Morgan fingerprint density at radius 3 is 2.81 bits per heavy atom. The van der Waals surface area contributed by atoms with Crippen molar-refractivity contribution in [3.63, 3.8) is 0 Å². The average molecular weight is 242 g/mol. The van der Waals surface area contributed by atoms with E-state index in [1.807, 2.05) is 6.92 Å². The summed E-state index contributed by atoms with van der Waals surface area (Å²) in [5.41, 5.74) is 1.01. The fourth-order valence-electron chi connectivity index (χ4n) is 1.70. The molecule has 0 radical (unpaired) electrons. The van der Waals surface area contributed by atoms with Gasteiger partial charge in [0.1, 0.15) is 17.3 Å². The highest BCUT2D eigenvalue weighted by Crippen LogP contribution is 2.45. The lowest BCUT2D eigenvalue weighted by Gasteiger charge is -2.15. The van der Waals surface area contributed by atoms with Gasteiger partial charge in [-0.3, -0.25) is 0 Å². The number of halogens is 1. The second-order valence-electron chi connectivity index (χ2n) is 4.36. The maximum atomic E-state index is 9.22. The third-order valence-corrected chi connectivity index (χ3v) is 3.50. The quantitative estimate of drug-likeness (QED) is 0.773. The summed E-state index contributed by atoms with van der Waals surface area (Å²) in [7, 11) is 0. The molecule has 1 heterocycles. The van der Waals surface area contributed by atoms with E-state index in [4.69, 9.17) is 11.6 Å². The SMILES string of the molecule is CCc1c(Cl)ncnc1NCC1(CO)CC1. The number of nitrogens with zero attached hydrogens (tertiary/aromatic N) is 2. The highest BCUT2D eigenvalue weighted by atomic mass is 35.5. The van der Waals surface area contributed by atoms with E-state index in [0.717, 1.165) is 37.2 Å². The average Bonchev–Trinajstić information content (AvgIpc) is 3.07. The summed E-state index contributed by atoms with van der Waals surface area (Å²) in [6.45, 7) is 3.01. The van der Waals surface area contributed by atoms with Crippen molar-refractivity contribution in [3.8, 4) is 0 Å². The van der Waals surface area contributed by atoms with Gasteiger partial charge in [0.2, 0.25) is 0 Å². The molecule has 1 aliphatic carbocycles. The van der Waals surface area contributed by atoms with Crippen molar-refractivity contribution in [1.82, 2.24) is 9.97 Å². The molecule has 0 aliphatic heterocycles. The number of aromatic nitrogens is 2. The predicted molar refractivity (Wildman–Crippen MR) is 63.7 cm³/mol. The first-order valence-electron chi connectivity index (χ1n) is 5.55. The monoisotopic (exact) mass is 241 g/mol. The lowest BCUT2D eigenvalue weighted by Crippen LogP contribution is -2.20. The second-order valence-corrected chi connectivity index (χ2v) is 4.71. The van der Waals surface area contributed by atoms with Gasteiger partial charge < -0.3 is 10.4 Å². The van der Waals surface area contributed by atoms with Crippen molar-refractivity contribution < 1.29 is 5.11 Å². The van der Waals surface area contributed by atoms with Crippen LogP contribution in [0.3, 0.4) is 0 Å². The van der Waals surface area contributed by atoms with Crippen LogP contribution in [0.4, 0.5) is 5.82 Å². The van der Waals surface area contributed by atoms with Gasteiger partial charge in [0.05, 0.1) is 6.61 Å². The fraction of sp³-hybridized carbons (Fsp3) is 0.636. The van der Waals surface area contributed by atoms with Crippen molar-refractivity contribution in [1.29, 1.82) is 0 Å². The molecule has 0 spiro atoms. The Labute approximate surface area is 100 Å². The van der Waals surface area contributed by atoms with Gasteiger partial charge in [0, 0.05) is 17.5 Å². The molecule has 0 atom stereocenters. The van der Waals surface area contributed by atoms with Crippen LogP contribution in [0, 0.1) is 5.41 Å². The first kappa shape index (κ1) is 11.6. The van der Waals surface area contributed by atoms with Crippen LogP contribution in [0.15, 0.2) is 6.33 Å². The molecule has 0 aromatic carbocycles. The van der Waals surface area contributed by atoms with Crippen LogP contribution in [0.25, 0.3) is 0 Å². The standard InChI is InChI=1S/C11H16ClN3O/c1-2-8-9(12)14-7-15-10(8)13-5-11(6-16)3-4-11/h7,16H,2-6H2,1H3,(H,13,14,15). The predicted octanol–water partition coefficient (Wildman–Crippen LogP) is 1.88. The minimum Gasteiger partial charge on any atom is -0.396 e. The summed E-state index contributed by atoms with van der Waals surface area (Å²) in [4.78, 5) is 8.14. The number of rotatable bonds is 5. The summed E-state index contributed by atoms with van der Waals surface area (Å²) in [5.74, 6) is 0.794. The van der Waals surface area contributed by atoms with Crippen LogP contribution in [0.1, 0.15) is 25.3 Å². The van der Waals surface area contributed by atoms with Gasteiger partial charge in [-0.1, -0.05) is 18.5 Å². The van der Waals surface area contributed by atoms with Crippen molar-refractivity contribution in [2.45, 2.75) is 26.2 Å². The fourth-order valence-corrected chi connectivity index (χ4v) is 1.96. The summed E-state index contributed by atoms with van der Waals surface area (Å²) >= 11 is 5.99. The Morgan fingerprint density at radius 1 is 1.50 bits per heavy atom. The van der Waals surface area contributed by atoms with E-state index in [9.17, 15) is 5.11 Å². The highest BCUT2D eigenvalue weighted by Gasteiger charge is 2.41. The Hall–Kier alpha value is -0.870. The van der Waals surface area contributed by atoms with Crippen LogP contribution >= 0.6 is 11.6 Å². The van der Waals surface area contributed by atoms with Gasteiger partial charge in [-0.25, -0.2) is 9.97 Å². The smallest absolute Gasteiger partial charge is 0.137 e. The van der Waals surface area contributed by atoms with Gasteiger partial charge >= 0.3 is 0 Å². The van der Waals surface area contributed by atoms with Crippen molar-refractivity contribution >= 4 is 17.4 Å². The van der Waals surface area contributed by atoms with E-state index in [0.29, 0.717) is 5.15 Å². The lowest BCUT2D eigenvalue weighted by atomic mass is 10.1. The zero-order valence-electron chi connectivity index (χ0n) is 9.33. The zero-order valence-corrected chi connectivity index (χ0v) is 10.1. The molecule has 2 rings (SSSR count). The van der Waals surface area contributed by atoms with E-state index in [2.05, 4.69) is 15.3 Å². The van der Waals surface area contributed by atoms with E-state index in [1.165, 1.54) is 6.33 Å². The number of hydrogen-bond donors (Lipinski definition) is 2. The van der Waals surface area contributed by atoms with Crippen LogP contribution in [0.2, 0.25) is 5.15 Å². The van der Waals surface area contributed by atoms with Crippen LogP contribution < -0.4 is 5.32 Å². The van der Waals surface area contributed by atoms with Crippen molar-refractivity contribution in [2.24, 2.45) is 5.41 Å². The Morgan fingerprint density at radius 2 is 2.25 bits per heavy atom. The van der Waals surface area contributed by atoms with Gasteiger partial charge in [0.15, 0.2) is 0 Å². The minimum absolute atomic E-state index is 0.0719. The van der Waals surface area contributed by atoms with Gasteiger partial charge in [0.25, 0.3) is 0 Å². The van der Waals surface area contributed by atoms with E-state index in [1.54, 1.807) is 0 Å². The third kappa shape index (κ3) is 2.28. The molecule has 0 saturated heterocycles. The number of aliphatic hydroxyl groups excluding tert-OH is 1. The molecule has 1 aromatic rings. The Kier molecular flexibility index (Phi) is 3.30. The van der Waals surface area contributed by atoms with E-state index in [-0.39, 0.29) is 12.0 Å². The van der Waals surface area contributed by atoms with Gasteiger partial charge in [-0.15, -0.1) is 0 Å². The molecule has 16 heavy (non-hydrogen) atoms.